The summed E-state index contributed by atoms with van der Waals surface area (Å²) in [7, 11) is -3.76. The molecule has 0 aliphatic carbocycles. The Labute approximate surface area is 170 Å². The van der Waals surface area contributed by atoms with Crippen molar-refractivity contribution in [3.63, 3.8) is 0 Å². The highest BCUT2D eigenvalue weighted by molar-refractivity contribution is 7.89. The van der Waals surface area contributed by atoms with Gasteiger partial charge in [0.2, 0.25) is 15.8 Å². The molecular weight excluding hydrogens is 402 g/mol. The van der Waals surface area contributed by atoms with E-state index in [0.717, 1.165) is 0 Å². The van der Waals surface area contributed by atoms with Crippen molar-refractivity contribution < 1.29 is 22.7 Å². The van der Waals surface area contributed by atoms with E-state index in [4.69, 9.17) is 16.3 Å². The first-order valence-corrected chi connectivity index (χ1v) is 10.6. The van der Waals surface area contributed by atoms with E-state index in [9.17, 15) is 18.0 Å². The van der Waals surface area contributed by atoms with Gasteiger partial charge in [-0.15, -0.1) is 0 Å². The Hall–Kier alpha value is -2.22. The maximum absolute atomic E-state index is 12.7. The highest BCUT2D eigenvalue weighted by atomic mass is 35.5. The predicted molar refractivity (Wildman–Crippen MR) is 107 cm³/mol. The van der Waals surface area contributed by atoms with Crippen molar-refractivity contribution in [2.75, 3.05) is 13.1 Å². The number of sulfonamides is 1. The number of nitrogens with zero attached hydrogens (tertiary/aromatic N) is 1. The number of carbonyl (C=O) groups is 2. The van der Waals surface area contributed by atoms with E-state index in [1.54, 1.807) is 44.2 Å². The first kappa shape index (κ1) is 22.1. The van der Waals surface area contributed by atoms with Crippen LogP contribution in [0.5, 0.6) is 0 Å². The van der Waals surface area contributed by atoms with E-state index in [1.165, 1.54) is 29.4 Å². The van der Waals surface area contributed by atoms with Crippen LogP contribution < -0.4 is 0 Å². The standard InChI is InChI=1S/C20H22ClNO5S/c1-4-22(5-2)28(25,26)16-11-12-18(21)17(13-16)20(24)27-14(3)19(23)15-9-7-6-8-10-15/h6-14H,4-5H2,1-3H3. The van der Waals surface area contributed by atoms with Crippen LogP contribution in [0.4, 0.5) is 0 Å². The number of rotatable bonds is 8. The Balaban J connectivity index is 2.27. The number of hydrogen-bond donors (Lipinski definition) is 0. The molecule has 1 unspecified atom stereocenters. The van der Waals surface area contributed by atoms with Crippen LogP contribution in [0, 0.1) is 0 Å². The second-order valence-corrected chi connectivity index (χ2v) is 8.35. The summed E-state index contributed by atoms with van der Waals surface area (Å²) < 4.78 is 31.8. The van der Waals surface area contributed by atoms with Crippen molar-refractivity contribution in [2.45, 2.75) is 31.8 Å². The fourth-order valence-electron chi connectivity index (χ4n) is 2.65. The summed E-state index contributed by atoms with van der Waals surface area (Å²) >= 11 is 6.07. The maximum Gasteiger partial charge on any atom is 0.340 e. The molecule has 0 spiro atoms. The van der Waals surface area contributed by atoms with E-state index in [2.05, 4.69) is 0 Å². The highest BCUT2D eigenvalue weighted by Crippen LogP contribution is 2.24. The van der Waals surface area contributed by atoms with Crippen LogP contribution in [0.2, 0.25) is 5.02 Å². The van der Waals surface area contributed by atoms with Gasteiger partial charge < -0.3 is 4.74 Å². The smallest absolute Gasteiger partial charge is 0.340 e. The molecule has 0 N–H and O–H groups in total. The van der Waals surface area contributed by atoms with Crippen LogP contribution in [-0.2, 0) is 14.8 Å². The fourth-order valence-corrected chi connectivity index (χ4v) is 4.33. The molecule has 2 aromatic carbocycles. The van der Waals surface area contributed by atoms with Crippen LogP contribution in [0.15, 0.2) is 53.4 Å². The SMILES string of the molecule is CCN(CC)S(=O)(=O)c1ccc(Cl)c(C(=O)OC(C)C(=O)c2ccccc2)c1. The molecule has 8 heteroatoms. The van der Waals surface area contributed by atoms with Gasteiger partial charge in [0, 0.05) is 18.7 Å². The quantitative estimate of drug-likeness (QED) is 0.476. The highest BCUT2D eigenvalue weighted by Gasteiger charge is 2.26. The minimum atomic E-state index is -3.76. The predicted octanol–water partition coefficient (Wildman–Crippen LogP) is 3.80. The zero-order chi connectivity index (χ0) is 20.9. The molecule has 0 radical (unpaired) electrons. The summed E-state index contributed by atoms with van der Waals surface area (Å²) in [6.45, 7) is 5.50. The zero-order valence-electron chi connectivity index (χ0n) is 15.9. The molecule has 0 bridgehead atoms. The van der Waals surface area contributed by atoms with Gasteiger partial charge in [-0.3, -0.25) is 4.79 Å². The molecule has 0 aliphatic heterocycles. The Morgan fingerprint density at radius 2 is 1.68 bits per heavy atom. The van der Waals surface area contributed by atoms with Crippen molar-refractivity contribution in [3.8, 4) is 0 Å². The first-order valence-electron chi connectivity index (χ1n) is 8.82. The number of carbonyl (C=O) groups excluding carboxylic acids is 2. The van der Waals surface area contributed by atoms with Gasteiger partial charge in [-0.2, -0.15) is 4.31 Å². The third-order valence-electron chi connectivity index (χ3n) is 4.21. The van der Waals surface area contributed by atoms with E-state index in [0.29, 0.717) is 18.7 Å². The van der Waals surface area contributed by atoms with Gasteiger partial charge in [0.15, 0.2) is 6.10 Å². The topological polar surface area (TPSA) is 80.8 Å². The van der Waals surface area contributed by atoms with Crippen molar-refractivity contribution in [1.82, 2.24) is 4.31 Å². The molecule has 0 saturated heterocycles. The molecule has 0 amide bonds. The minimum Gasteiger partial charge on any atom is -0.451 e. The van der Waals surface area contributed by atoms with Crippen LogP contribution in [0.3, 0.4) is 0 Å². The van der Waals surface area contributed by atoms with Crippen molar-refractivity contribution in [1.29, 1.82) is 0 Å². The van der Waals surface area contributed by atoms with Gasteiger partial charge in [-0.1, -0.05) is 55.8 Å². The Morgan fingerprint density at radius 1 is 1.07 bits per heavy atom. The van der Waals surface area contributed by atoms with E-state index >= 15 is 0 Å². The normalized spacial score (nSPS) is 12.6. The average molecular weight is 424 g/mol. The molecule has 6 nitrogen and oxygen atoms in total. The van der Waals surface area contributed by atoms with Gasteiger partial charge in [0.05, 0.1) is 15.5 Å². The number of benzene rings is 2. The molecule has 0 heterocycles. The van der Waals surface area contributed by atoms with Gasteiger partial charge in [-0.25, -0.2) is 13.2 Å². The van der Waals surface area contributed by atoms with Crippen molar-refractivity contribution >= 4 is 33.4 Å². The van der Waals surface area contributed by atoms with Crippen molar-refractivity contribution in [2.24, 2.45) is 0 Å². The lowest BCUT2D eigenvalue weighted by Crippen LogP contribution is -2.31. The molecule has 28 heavy (non-hydrogen) atoms. The van der Waals surface area contributed by atoms with Crippen molar-refractivity contribution in [3.05, 3.63) is 64.7 Å². The third kappa shape index (κ3) is 4.79. The molecule has 0 fully saturated rings. The molecule has 2 rings (SSSR count). The molecule has 0 saturated carbocycles. The minimum absolute atomic E-state index is 0.0443. The number of halogens is 1. The van der Waals surface area contributed by atoms with Crippen LogP contribution in [0.25, 0.3) is 0 Å². The lowest BCUT2D eigenvalue weighted by molar-refractivity contribution is 0.0318. The average Bonchev–Trinajstić information content (AvgIpc) is 2.68. The number of hydrogen-bond acceptors (Lipinski definition) is 5. The summed E-state index contributed by atoms with van der Waals surface area (Å²) in [6.07, 6.45) is -1.05. The van der Waals surface area contributed by atoms with Gasteiger partial charge in [0.25, 0.3) is 0 Å². The summed E-state index contributed by atoms with van der Waals surface area (Å²) in [5.41, 5.74) is 0.300. The molecule has 1 atom stereocenters. The molecule has 0 aliphatic rings. The van der Waals surface area contributed by atoms with Gasteiger partial charge in [-0.05, 0) is 25.1 Å². The lowest BCUT2D eigenvalue weighted by Gasteiger charge is -2.19. The van der Waals surface area contributed by atoms with Crippen LogP contribution in [-0.4, -0.2) is 43.7 Å². The molecule has 2 aromatic rings. The second-order valence-electron chi connectivity index (χ2n) is 6.01. The monoisotopic (exact) mass is 423 g/mol. The van der Waals surface area contributed by atoms with Gasteiger partial charge in [0.1, 0.15) is 0 Å². The van der Waals surface area contributed by atoms with E-state index in [1.807, 2.05) is 0 Å². The lowest BCUT2D eigenvalue weighted by atomic mass is 10.1. The maximum atomic E-state index is 12.7. The zero-order valence-corrected chi connectivity index (χ0v) is 17.5. The Bertz CT molecular complexity index is 956. The summed E-state index contributed by atoms with van der Waals surface area (Å²) in [5.74, 6) is -1.23. The fraction of sp³-hybridized carbons (Fsp3) is 0.300. The van der Waals surface area contributed by atoms with E-state index < -0.39 is 22.1 Å². The molecule has 0 aromatic heterocycles. The summed E-state index contributed by atoms with van der Waals surface area (Å²) in [4.78, 5) is 24.8. The Kier molecular flexibility index (Phi) is 7.35. The number of esters is 1. The summed E-state index contributed by atoms with van der Waals surface area (Å²) in [6, 6.07) is 12.3. The molecular formula is C20H22ClNO5S. The second kappa shape index (κ2) is 9.32. The van der Waals surface area contributed by atoms with Crippen LogP contribution >= 0.6 is 11.6 Å². The third-order valence-corrected chi connectivity index (χ3v) is 6.59. The first-order chi connectivity index (χ1) is 13.2. The largest absolute Gasteiger partial charge is 0.451 e. The number of Topliss-reactive ketones (excluding diaryl/α,β-unsaturated/α-hetero) is 1. The van der Waals surface area contributed by atoms with E-state index in [-0.39, 0.29) is 21.3 Å². The van der Waals surface area contributed by atoms with Gasteiger partial charge >= 0.3 is 5.97 Å². The Morgan fingerprint density at radius 3 is 2.25 bits per heavy atom. The number of ether oxygens (including phenoxy) is 1. The van der Waals surface area contributed by atoms with Crippen LogP contribution in [0.1, 0.15) is 41.5 Å². The summed E-state index contributed by atoms with van der Waals surface area (Å²) in [5, 5.41) is 0.0443. The number of ketones is 1. The molecule has 150 valence electrons.